The van der Waals surface area contributed by atoms with E-state index < -0.39 is 41.0 Å². The number of ether oxygens (including phenoxy) is 2. The van der Waals surface area contributed by atoms with Gasteiger partial charge in [-0.1, -0.05) is 35.9 Å². The van der Waals surface area contributed by atoms with Crippen LogP contribution in [0.15, 0.2) is 72.8 Å². The van der Waals surface area contributed by atoms with E-state index in [1.165, 1.54) is 29.2 Å². The van der Waals surface area contributed by atoms with Crippen molar-refractivity contribution < 1.29 is 28.8 Å². The zero-order chi connectivity index (χ0) is 30.3. The Hall–Kier alpha value is -4.81. The maximum atomic E-state index is 14.3. The highest BCUT2D eigenvalue weighted by Crippen LogP contribution is 2.43. The Morgan fingerprint density at radius 2 is 1.52 bits per heavy atom. The van der Waals surface area contributed by atoms with Crippen LogP contribution in [0.5, 0.6) is 0 Å². The van der Waals surface area contributed by atoms with Gasteiger partial charge < -0.3 is 30.3 Å². The van der Waals surface area contributed by atoms with E-state index in [0.29, 0.717) is 35.8 Å². The van der Waals surface area contributed by atoms with Crippen molar-refractivity contribution in [2.75, 3.05) is 35.3 Å². The predicted molar refractivity (Wildman–Crippen MR) is 157 cm³/mol. The summed E-state index contributed by atoms with van der Waals surface area (Å²) in [6.45, 7) is 6.29. The Morgan fingerprint density at radius 3 is 2.14 bits per heavy atom. The summed E-state index contributed by atoms with van der Waals surface area (Å²) in [5.41, 5.74) is 0.839. The molecule has 4 rings (SSSR count). The summed E-state index contributed by atoms with van der Waals surface area (Å²) >= 11 is 0. The molecule has 0 radical (unpaired) electrons. The first-order valence-electron chi connectivity index (χ1n) is 13.5. The zero-order valence-electron chi connectivity index (χ0n) is 23.6. The van der Waals surface area contributed by atoms with Crippen LogP contribution in [0.1, 0.15) is 31.4 Å². The number of hydrogen-bond acceptors (Lipinski definition) is 7. The van der Waals surface area contributed by atoms with Crippen LogP contribution in [0.2, 0.25) is 0 Å². The maximum Gasteiger partial charge on any atom is 0.320 e. The van der Waals surface area contributed by atoms with Crippen LogP contribution in [0.4, 0.5) is 27.5 Å². The molecule has 1 aliphatic rings. The van der Waals surface area contributed by atoms with Gasteiger partial charge in [0.25, 0.3) is 11.6 Å². The number of amides is 4. The molecule has 0 aliphatic carbocycles. The molecule has 0 aromatic heterocycles. The fraction of sp³-hybridized carbons (Fsp3) is 0.300. The van der Waals surface area contributed by atoms with E-state index in [0.717, 1.165) is 5.56 Å². The lowest BCUT2D eigenvalue weighted by Crippen LogP contribution is -2.56. The van der Waals surface area contributed by atoms with Crippen LogP contribution in [0.3, 0.4) is 0 Å². The number of non-ortho nitro benzene ring substituents is 1. The van der Waals surface area contributed by atoms with E-state index in [1.54, 1.807) is 36.4 Å². The molecule has 0 unspecified atom stereocenters. The molecule has 1 heterocycles. The molecule has 3 aromatic carbocycles. The molecule has 12 heteroatoms. The SMILES string of the molecule is CCOC(CN1C(=O)[C@@](CC(=O)Nc2ccc([N+](=O)[O-])cc2)(NC(=O)Nc2ccc(C)cc2)c2ccccc21)OCC. The third-order valence-corrected chi connectivity index (χ3v) is 6.73. The average molecular weight is 576 g/mol. The van der Waals surface area contributed by atoms with Crippen LogP contribution >= 0.6 is 0 Å². The van der Waals surface area contributed by atoms with Gasteiger partial charge in [0.2, 0.25) is 5.91 Å². The summed E-state index contributed by atoms with van der Waals surface area (Å²) in [5, 5.41) is 19.2. The number of nitrogens with zero attached hydrogens (tertiary/aromatic N) is 2. The van der Waals surface area contributed by atoms with Crippen molar-refractivity contribution in [2.24, 2.45) is 0 Å². The number of carbonyl (C=O) groups excluding carboxylic acids is 3. The van der Waals surface area contributed by atoms with E-state index in [4.69, 9.17) is 9.47 Å². The second-order valence-electron chi connectivity index (χ2n) is 9.65. The molecule has 12 nitrogen and oxygen atoms in total. The summed E-state index contributed by atoms with van der Waals surface area (Å²) in [6, 6.07) is 18.7. The number of para-hydroxylation sites is 1. The van der Waals surface area contributed by atoms with Gasteiger partial charge in [0.15, 0.2) is 11.8 Å². The van der Waals surface area contributed by atoms with E-state index >= 15 is 0 Å². The molecule has 0 saturated carbocycles. The highest BCUT2D eigenvalue weighted by Gasteiger charge is 2.53. The minimum absolute atomic E-state index is 0.0323. The number of benzene rings is 3. The number of rotatable bonds is 12. The van der Waals surface area contributed by atoms with E-state index in [-0.39, 0.29) is 12.2 Å². The van der Waals surface area contributed by atoms with Crippen LogP contribution < -0.4 is 20.9 Å². The third kappa shape index (κ3) is 6.73. The molecule has 0 spiro atoms. The highest BCUT2D eigenvalue weighted by atomic mass is 16.7. The van der Waals surface area contributed by atoms with Crippen LogP contribution in [-0.2, 0) is 24.6 Å². The van der Waals surface area contributed by atoms with Crippen molar-refractivity contribution in [3.8, 4) is 0 Å². The summed E-state index contributed by atoms with van der Waals surface area (Å²) in [5.74, 6) is -1.12. The van der Waals surface area contributed by atoms with Crippen molar-refractivity contribution in [3.63, 3.8) is 0 Å². The lowest BCUT2D eigenvalue weighted by Gasteiger charge is -2.30. The number of aryl methyl sites for hydroxylation is 1. The molecule has 220 valence electrons. The van der Waals surface area contributed by atoms with Crippen LogP contribution in [0, 0.1) is 17.0 Å². The Kier molecular flexibility index (Phi) is 9.50. The first-order valence-corrected chi connectivity index (χ1v) is 13.5. The average Bonchev–Trinajstić information content (AvgIpc) is 3.17. The third-order valence-electron chi connectivity index (χ3n) is 6.73. The van der Waals surface area contributed by atoms with Crippen LogP contribution in [-0.4, -0.2) is 48.8 Å². The van der Waals surface area contributed by atoms with Gasteiger partial charge in [-0.25, -0.2) is 4.79 Å². The second kappa shape index (κ2) is 13.2. The van der Waals surface area contributed by atoms with Crippen molar-refractivity contribution in [2.45, 2.75) is 39.0 Å². The monoisotopic (exact) mass is 575 g/mol. The summed E-state index contributed by atoms with van der Waals surface area (Å²) in [4.78, 5) is 53.0. The smallest absolute Gasteiger partial charge is 0.320 e. The molecule has 3 aromatic rings. The van der Waals surface area contributed by atoms with Gasteiger partial charge in [-0.05, 0) is 51.1 Å². The first kappa shape index (κ1) is 30.2. The number of fused-ring (bicyclic) bond motifs is 1. The van der Waals surface area contributed by atoms with Gasteiger partial charge in [0.1, 0.15) is 0 Å². The molecule has 0 bridgehead atoms. The normalized spacial score (nSPS) is 15.8. The van der Waals surface area contributed by atoms with Gasteiger partial charge in [-0.3, -0.25) is 19.7 Å². The molecule has 1 atom stereocenters. The molecule has 3 N–H and O–H groups in total. The highest BCUT2D eigenvalue weighted by molar-refractivity contribution is 6.12. The Labute approximate surface area is 243 Å². The Balaban J connectivity index is 1.68. The standard InChI is InChI=1S/C30H33N5O7/c1-4-41-27(42-5-2)19-34-25-9-7-6-8-24(25)30(28(34)37,33-29(38)32-22-12-10-20(3)11-13-22)18-26(36)31-21-14-16-23(17-15-21)35(39)40/h6-17,27H,4-5,18-19H2,1-3H3,(H,31,36)(H2,32,33,38)/t30-/m0/s1. The fourth-order valence-electron chi connectivity index (χ4n) is 4.82. The zero-order valence-corrected chi connectivity index (χ0v) is 23.6. The first-order chi connectivity index (χ1) is 20.2. The largest absolute Gasteiger partial charge is 0.351 e. The number of hydrogen-bond donors (Lipinski definition) is 3. The van der Waals surface area contributed by atoms with Crippen molar-refractivity contribution in [3.05, 3.63) is 94.0 Å². The predicted octanol–water partition coefficient (Wildman–Crippen LogP) is 4.69. The lowest BCUT2D eigenvalue weighted by molar-refractivity contribution is -0.384. The summed E-state index contributed by atoms with van der Waals surface area (Å²) in [6.07, 6.45) is -1.19. The van der Waals surface area contributed by atoms with Gasteiger partial charge in [-0.2, -0.15) is 0 Å². The number of nitrogens with one attached hydrogen (secondary N) is 3. The lowest BCUT2D eigenvalue weighted by atomic mass is 9.87. The number of urea groups is 1. The minimum atomic E-state index is -1.78. The molecule has 42 heavy (non-hydrogen) atoms. The molecule has 1 aliphatic heterocycles. The molecule has 4 amide bonds. The van der Waals surface area contributed by atoms with Crippen molar-refractivity contribution in [1.29, 1.82) is 0 Å². The number of nitro groups is 1. The fourth-order valence-corrected chi connectivity index (χ4v) is 4.82. The number of nitro benzene ring substituents is 1. The van der Waals surface area contributed by atoms with Gasteiger partial charge in [-0.15, -0.1) is 0 Å². The summed E-state index contributed by atoms with van der Waals surface area (Å²) < 4.78 is 11.4. The second-order valence-corrected chi connectivity index (χ2v) is 9.65. The number of anilines is 3. The van der Waals surface area contributed by atoms with Crippen LogP contribution in [0.25, 0.3) is 0 Å². The molecular formula is C30H33N5O7. The topological polar surface area (TPSA) is 152 Å². The minimum Gasteiger partial charge on any atom is -0.351 e. The number of carbonyl (C=O) groups is 3. The van der Waals surface area contributed by atoms with E-state index in [2.05, 4.69) is 16.0 Å². The molecule has 0 saturated heterocycles. The maximum absolute atomic E-state index is 14.3. The van der Waals surface area contributed by atoms with Crippen molar-refractivity contribution >= 4 is 40.6 Å². The Bertz CT molecular complexity index is 1440. The quantitative estimate of drug-likeness (QED) is 0.161. The van der Waals surface area contributed by atoms with E-state index in [9.17, 15) is 24.5 Å². The van der Waals surface area contributed by atoms with Gasteiger partial charge >= 0.3 is 6.03 Å². The van der Waals surface area contributed by atoms with Gasteiger partial charge in [0.05, 0.1) is 23.6 Å². The van der Waals surface area contributed by atoms with Crippen molar-refractivity contribution in [1.82, 2.24) is 5.32 Å². The van der Waals surface area contributed by atoms with E-state index in [1.807, 2.05) is 32.9 Å². The summed E-state index contributed by atoms with van der Waals surface area (Å²) in [7, 11) is 0. The molecular weight excluding hydrogens is 542 g/mol. The molecule has 0 fully saturated rings. The van der Waals surface area contributed by atoms with Gasteiger partial charge in [0, 0.05) is 42.3 Å². The Morgan fingerprint density at radius 1 is 0.929 bits per heavy atom.